The summed E-state index contributed by atoms with van der Waals surface area (Å²) >= 11 is 0. The number of aryl methyl sites for hydroxylation is 1. The van der Waals surface area contributed by atoms with Crippen molar-refractivity contribution < 1.29 is 9.90 Å². The van der Waals surface area contributed by atoms with Crippen LogP contribution in [0.25, 0.3) is 11.1 Å². The fourth-order valence-corrected chi connectivity index (χ4v) is 1.60. The molecule has 0 aliphatic heterocycles. The third kappa shape index (κ3) is 1.76. The van der Waals surface area contributed by atoms with Crippen LogP contribution in [-0.4, -0.2) is 15.6 Å². The molecule has 1 heterocycles. The molecule has 0 amide bonds. The minimum Gasteiger partial charge on any atom is -0.478 e. The van der Waals surface area contributed by atoms with Crippen LogP contribution in [0.2, 0.25) is 0 Å². The van der Waals surface area contributed by atoms with E-state index in [-0.39, 0.29) is 0 Å². The Bertz CT molecular complexity index is 486. The molecule has 2 rings (SSSR count). The number of carboxylic acid groups (broad SMARTS) is 1. The zero-order valence-corrected chi connectivity index (χ0v) is 8.34. The first-order valence-corrected chi connectivity index (χ1v) is 4.63. The van der Waals surface area contributed by atoms with Gasteiger partial charge in [-0.15, -0.1) is 0 Å². The third-order valence-electron chi connectivity index (χ3n) is 2.27. The largest absolute Gasteiger partial charge is 0.478 e. The Morgan fingerprint density at radius 3 is 2.47 bits per heavy atom. The van der Waals surface area contributed by atoms with E-state index >= 15 is 0 Å². The molecule has 3 nitrogen and oxygen atoms in total. The molecule has 1 aromatic heterocycles. The number of rotatable bonds is 2. The molecule has 0 aliphatic carbocycles. The molecule has 0 bridgehead atoms. The first-order chi connectivity index (χ1) is 7.18. The molecular weight excluding hydrogens is 190 g/mol. The van der Waals surface area contributed by atoms with Crippen LogP contribution in [0.4, 0.5) is 0 Å². The average Bonchev–Trinajstić information content (AvgIpc) is 2.62. The molecule has 0 aliphatic rings. The number of carboxylic acids is 1. The van der Waals surface area contributed by atoms with Gasteiger partial charge in [0.1, 0.15) is 0 Å². The van der Waals surface area contributed by atoms with Crippen molar-refractivity contribution in [3.8, 4) is 11.1 Å². The zero-order chi connectivity index (χ0) is 10.8. The van der Waals surface area contributed by atoms with Gasteiger partial charge in [0, 0.05) is 25.0 Å². The topological polar surface area (TPSA) is 42.2 Å². The molecule has 1 N–H and O–H groups in total. The molecule has 0 saturated heterocycles. The minimum atomic E-state index is -0.894. The van der Waals surface area contributed by atoms with E-state index in [1.807, 2.05) is 43.6 Å². The van der Waals surface area contributed by atoms with Crippen LogP contribution in [0, 0.1) is 0 Å². The number of hydrogen-bond acceptors (Lipinski definition) is 1. The van der Waals surface area contributed by atoms with Crippen molar-refractivity contribution in [1.82, 2.24) is 4.57 Å². The second-order valence-electron chi connectivity index (χ2n) is 3.42. The van der Waals surface area contributed by atoms with Crippen molar-refractivity contribution in [1.29, 1.82) is 0 Å². The fourth-order valence-electron chi connectivity index (χ4n) is 1.60. The summed E-state index contributed by atoms with van der Waals surface area (Å²) in [7, 11) is 1.82. The number of aromatic nitrogens is 1. The third-order valence-corrected chi connectivity index (χ3v) is 2.27. The van der Waals surface area contributed by atoms with Crippen molar-refractivity contribution in [3.05, 3.63) is 48.3 Å². The summed E-state index contributed by atoms with van der Waals surface area (Å²) in [6, 6.07) is 9.51. The van der Waals surface area contributed by atoms with Gasteiger partial charge in [-0.05, 0) is 5.56 Å². The summed E-state index contributed by atoms with van der Waals surface area (Å²) in [6.07, 6.45) is 3.43. The van der Waals surface area contributed by atoms with Crippen molar-refractivity contribution in [2.45, 2.75) is 0 Å². The van der Waals surface area contributed by atoms with Gasteiger partial charge >= 0.3 is 5.97 Å². The van der Waals surface area contributed by atoms with E-state index in [0.29, 0.717) is 5.56 Å². The molecule has 0 radical (unpaired) electrons. The Morgan fingerprint density at radius 2 is 1.87 bits per heavy atom. The second kappa shape index (κ2) is 3.61. The molecule has 0 atom stereocenters. The average molecular weight is 201 g/mol. The monoisotopic (exact) mass is 201 g/mol. The van der Waals surface area contributed by atoms with Crippen LogP contribution in [0.15, 0.2) is 42.7 Å². The van der Waals surface area contributed by atoms with Gasteiger partial charge in [0.15, 0.2) is 0 Å². The summed E-state index contributed by atoms with van der Waals surface area (Å²) < 4.78 is 1.76. The van der Waals surface area contributed by atoms with E-state index in [9.17, 15) is 4.79 Å². The van der Waals surface area contributed by atoms with E-state index in [1.54, 1.807) is 10.8 Å². The first-order valence-electron chi connectivity index (χ1n) is 4.63. The summed E-state index contributed by atoms with van der Waals surface area (Å²) in [5, 5.41) is 9.03. The van der Waals surface area contributed by atoms with E-state index < -0.39 is 5.97 Å². The molecule has 0 saturated carbocycles. The Morgan fingerprint density at radius 1 is 1.20 bits per heavy atom. The SMILES string of the molecule is Cn1cc(C(=O)O)c(-c2ccccc2)c1. The van der Waals surface area contributed by atoms with Crippen LogP contribution in [-0.2, 0) is 7.05 Å². The van der Waals surface area contributed by atoms with Crippen LogP contribution >= 0.6 is 0 Å². The summed E-state index contributed by atoms with van der Waals surface area (Å²) in [4.78, 5) is 11.0. The molecular formula is C12H11NO2. The molecule has 2 aromatic rings. The quantitative estimate of drug-likeness (QED) is 0.810. The lowest BCUT2D eigenvalue weighted by Crippen LogP contribution is -1.95. The van der Waals surface area contributed by atoms with Crippen molar-refractivity contribution in [2.75, 3.05) is 0 Å². The number of carbonyl (C=O) groups is 1. The molecule has 0 fully saturated rings. The smallest absolute Gasteiger partial charge is 0.337 e. The molecule has 76 valence electrons. The van der Waals surface area contributed by atoms with E-state index in [0.717, 1.165) is 11.1 Å². The maximum Gasteiger partial charge on any atom is 0.337 e. The van der Waals surface area contributed by atoms with Gasteiger partial charge in [-0.1, -0.05) is 30.3 Å². The Balaban J connectivity index is 2.58. The molecule has 15 heavy (non-hydrogen) atoms. The van der Waals surface area contributed by atoms with E-state index in [1.165, 1.54) is 0 Å². The van der Waals surface area contributed by atoms with E-state index in [2.05, 4.69) is 0 Å². The van der Waals surface area contributed by atoms with Crippen LogP contribution in [0.3, 0.4) is 0 Å². The number of nitrogens with zero attached hydrogens (tertiary/aromatic N) is 1. The van der Waals surface area contributed by atoms with Crippen LogP contribution in [0.5, 0.6) is 0 Å². The first kappa shape index (κ1) is 9.52. The Hall–Kier alpha value is -2.03. The van der Waals surface area contributed by atoms with Gasteiger partial charge in [-0.3, -0.25) is 0 Å². The summed E-state index contributed by atoms with van der Waals surface area (Å²) in [5.74, 6) is -0.894. The molecule has 3 heteroatoms. The predicted octanol–water partition coefficient (Wildman–Crippen LogP) is 2.39. The Kier molecular flexibility index (Phi) is 2.29. The van der Waals surface area contributed by atoms with Crippen molar-refractivity contribution in [2.24, 2.45) is 7.05 Å². The summed E-state index contributed by atoms with van der Waals surface area (Å²) in [6.45, 7) is 0. The minimum absolute atomic E-state index is 0.337. The predicted molar refractivity (Wildman–Crippen MR) is 57.8 cm³/mol. The maximum atomic E-state index is 11.0. The van der Waals surface area contributed by atoms with Crippen LogP contribution in [0.1, 0.15) is 10.4 Å². The van der Waals surface area contributed by atoms with Crippen LogP contribution < -0.4 is 0 Å². The highest BCUT2D eigenvalue weighted by atomic mass is 16.4. The highest BCUT2D eigenvalue weighted by Gasteiger charge is 2.13. The van der Waals surface area contributed by atoms with Gasteiger partial charge in [-0.25, -0.2) is 4.79 Å². The van der Waals surface area contributed by atoms with Gasteiger partial charge in [0.2, 0.25) is 0 Å². The van der Waals surface area contributed by atoms with Gasteiger partial charge < -0.3 is 9.67 Å². The van der Waals surface area contributed by atoms with Gasteiger partial charge in [-0.2, -0.15) is 0 Å². The van der Waals surface area contributed by atoms with Crippen molar-refractivity contribution >= 4 is 5.97 Å². The Labute approximate surface area is 87.6 Å². The lowest BCUT2D eigenvalue weighted by Gasteiger charge is -1.98. The van der Waals surface area contributed by atoms with Gasteiger partial charge in [0.25, 0.3) is 0 Å². The number of hydrogen-bond donors (Lipinski definition) is 1. The molecule has 1 aromatic carbocycles. The van der Waals surface area contributed by atoms with Crippen molar-refractivity contribution in [3.63, 3.8) is 0 Å². The molecule has 0 spiro atoms. The number of aromatic carboxylic acids is 1. The lowest BCUT2D eigenvalue weighted by molar-refractivity contribution is 0.0697. The fraction of sp³-hybridized carbons (Fsp3) is 0.0833. The maximum absolute atomic E-state index is 11.0. The highest BCUT2D eigenvalue weighted by Crippen LogP contribution is 2.24. The van der Waals surface area contributed by atoms with Gasteiger partial charge in [0.05, 0.1) is 5.56 Å². The lowest BCUT2D eigenvalue weighted by atomic mass is 10.1. The number of benzene rings is 1. The zero-order valence-electron chi connectivity index (χ0n) is 8.34. The normalized spacial score (nSPS) is 10.2. The molecule has 0 unspecified atom stereocenters. The summed E-state index contributed by atoms with van der Waals surface area (Å²) in [5.41, 5.74) is 2.02. The standard InChI is InChI=1S/C12H11NO2/c1-13-7-10(11(8-13)12(14)15)9-5-3-2-4-6-9/h2-8H,1H3,(H,14,15). The van der Waals surface area contributed by atoms with E-state index in [4.69, 9.17) is 5.11 Å². The second-order valence-corrected chi connectivity index (χ2v) is 3.42. The highest BCUT2D eigenvalue weighted by molar-refractivity contribution is 5.95.